The zero-order chi connectivity index (χ0) is 14.4. The number of nitrogens with zero attached hydrogens (tertiary/aromatic N) is 2. The van der Waals surface area contributed by atoms with Crippen LogP contribution in [0.2, 0.25) is 0 Å². The van der Waals surface area contributed by atoms with Gasteiger partial charge in [0.25, 0.3) is 0 Å². The molecule has 100 valence electrons. The Morgan fingerprint density at radius 2 is 2.21 bits per heavy atom. The molecule has 0 aliphatic carbocycles. The van der Waals surface area contributed by atoms with Crippen molar-refractivity contribution in [3.8, 4) is 6.07 Å². The summed E-state index contributed by atoms with van der Waals surface area (Å²) in [7, 11) is 1.56. The number of hydrogen-bond donors (Lipinski definition) is 2. The number of anilines is 1. The van der Waals surface area contributed by atoms with Gasteiger partial charge in [-0.3, -0.25) is 0 Å². The molecular weight excluding hydrogens is 314 g/mol. The van der Waals surface area contributed by atoms with Gasteiger partial charge in [-0.15, -0.1) is 0 Å². The van der Waals surface area contributed by atoms with Crippen molar-refractivity contribution in [3.05, 3.63) is 28.2 Å². The van der Waals surface area contributed by atoms with E-state index < -0.39 is 12.0 Å². The van der Waals surface area contributed by atoms with Crippen molar-refractivity contribution in [2.45, 2.75) is 6.42 Å². The summed E-state index contributed by atoms with van der Waals surface area (Å²) in [5, 5.41) is 20.0. The molecule has 0 aromatic heterocycles. The Balaban J connectivity index is 2.78. The van der Waals surface area contributed by atoms with Crippen LogP contribution in [0.3, 0.4) is 0 Å². The molecule has 0 fully saturated rings. The molecule has 0 atom stereocenters. The fourth-order valence-corrected chi connectivity index (χ4v) is 1.72. The summed E-state index contributed by atoms with van der Waals surface area (Å²) < 4.78 is 0.441. The maximum atomic E-state index is 11.7. The van der Waals surface area contributed by atoms with Gasteiger partial charge in [0.05, 0.1) is 18.1 Å². The van der Waals surface area contributed by atoms with Crippen molar-refractivity contribution in [1.82, 2.24) is 4.90 Å². The van der Waals surface area contributed by atoms with E-state index in [4.69, 9.17) is 10.4 Å². The van der Waals surface area contributed by atoms with E-state index in [1.807, 2.05) is 6.07 Å². The topological polar surface area (TPSA) is 93.4 Å². The van der Waals surface area contributed by atoms with Crippen LogP contribution in [0.15, 0.2) is 22.7 Å². The number of carboxylic acid groups (broad SMARTS) is 1. The Hall–Kier alpha value is -2.07. The predicted octanol–water partition coefficient (Wildman–Crippen LogP) is 2.52. The van der Waals surface area contributed by atoms with Crippen molar-refractivity contribution >= 4 is 33.6 Å². The Morgan fingerprint density at radius 1 is 1.53 bits per heavy atom. The first kappa shape index (κ1) is 15.0. The minimum Gasteiger partial charge on any atom is -0.478 e. The normalized spacial score (nSPS) is 9.53. The quantitative estimate of drug-likeness (QED) is 0.889. The lowest BCUT2D eigenvalue weighted by molar-refractivity contribution is 0.0696. The highest BCUT2D eigenvalue weighted by Gasteiger charge is 2.12. The summed E-state index contributed by atoms with van der Waals surface area (Å²) in [6.45, 7) is 0.310. The van der Waals surface area contributed by atoms with E-state index in [1.165, 1.54) is 11.0 Å². The predicted molar refractivity (Wildman–Crippen MR) is 73.0 cm³/mol. The Kier molecular flexibility index (Phi) is 5.33. The van der Waals surface area contributed by atoms with Crippen LogP contribution < -0.4 is 5.32 Å². The van der Waals surface area contributed by atoms with E-state index >= 15 is 0 Å². The highest BCUT2D eigenvalue weighted by molar-refractivity contribution is 9.10. The average Bonchev–Trinajstić information content (AvgIpc) is 2.37. The summed E-state index contributed by atoms with van der Waals surface area (Å²) in [6, 6.07) is 6.05. The molecule has 1 aromatic carbocycles. The van der Waals surface area contributed by atoms with Gasteiger partial charge in [0.2, 0.25) is 0 Å². The van der Waals surface area contributed by atoms with Crippen LogP contribution in [0.5, 0.6) is 0 Å². The molecule has 0 radical (unpaired) electrons. The molecule has 6 nitrogen and oxygen atoms in total. The molecule has 0 spiro atoms. The molecule has 2 amide bonds. The van der Waals surface area contributed by atoms with Gasteiger partial charge in [0, 0.05) is 23.8 Å². The molecule has 2 N–H and O–H groups in total. The molecule has 0 aliphatic rings. The van der Waals surface area contributed by atoms with Crippen molar-refractivity contribution < 1.29 is 14.7 Å². The number of benzene rings is 1. The number of aromatic carboxylic acids is 1. The Labute approximate surface area is 118 Å². The van der Waals surface area contributed by atoms with Crippen molar-refractivity contribution in [2.75, 3.05) is 18.9 Å². The number of carboxylic acids is 1. The number of nitrogens with one attached hydrogen (secondary N) is 1. The minimum atomic E-state index is -1.08. The lowest BCUT2D eigenvalue weighted by Crippen LogP contribution is -2.32. The zero-order valence-electron chi connectivity index (χ0n) is 10.2. The largest absolute Gasteiger partial charge is 0.478 e. The Bertz CT molecular complexity index is 540. The second-order valence-corrected chi connectivity index (χ2v) is 4.61. The second kappa shape index (κ2) is 6.75. The van der Waals surface area contributed by atoms with Crippen molar-refractivity contribution in [2.24, 2.45) is 0 Å². The lowest BCUT2D eigenvalue weighted by Gasteiger charge is -2.16. The van der Waals surface area contributed by atoms with Crippen LogP contribution >= 0.6 is 15.9 Å². The van der Waals surface area contributed by atoms with Gasteiger partial charge in [0.1, 0.15) is 0 Å². The van der Waals surface area contributed by atoms with E-state index in [9.17, 15) is 9.59 Å². The third kappa shape index (κ3) is 4.26. The standard InChI is InChI=1S/C12H12BrN3O3/c1-16(6-2-5-14)12(19)15-8-3-4-10(13)9(7-8)11(17)18/h3-4,7H,2,6H2,1H3,(H,15,19)(H,17,18). The lowest BCUT2D eigenvalue weighted by atomic mass is 10.2. The van der Waals surface area contributed by atoms with Gasteiger partial charge in [-0.2, -0.15) is 5.26 Å². The number of hydrogen-bond acceptors (Lipinski definition) is 3. The molecule has 7 heteroatoms. The molecule has 0 bridgehead atoms. The highest BCUT2D eigenvalue weighted by atomic mass is 79.9. The number of amides is 2. The van der Waals surface area contributed by atoms with Crippen LogP contribution in [0, 0.1) is 11.3 Å². The molecule has 0 saturated heterocycles. The molecule has 0 aliphatic heterocycles. The fraction of sp³-hybridized carbons (Fsp3) is 0.250. The number of halogens is 1. The van der Waals surface area contributed by atoms with Gasteiger partial charge in [-0.1, -0.05) is 0 Å². The number of rotatable bonds is 4. The highest BCUT2D eigenvalue weighted by Crippen LogP contribution is 2.21. The summed E-state index contributed by atoms with van der Waals surface area (Å²) in [4.78, 5) is 24.0. The first-order valence-corrected chi connectivity index (χ1v) is 6.17. The van der Waals surface area contributed by atoms with Crippen molar-refractivity contribution in [1.29, 1.82) is 5.26 Å². The number of carbonyl (C=O) groups is 2. The Morgan fingerprint density at radius 3 is 2.79 bits per heavy atom. The van der Waals surface area contributed by atoms with E-state index in [2.05, 4.69) is 21.2 Å². The maximum Gasteiger partial charge on any atom is 0.336 e. The van der Waals surface area contributed by atoms with Crippen LogP contribution in [0.4, 0.5) is 10.5 Å². The molecule has 19 heavy (non-hydrogen) atoms. The summed E-state index contributed by atoms with van der Waals surface area (Å²) in [5.41, 5.74) is 0.451. The third-order valence-corrected chi connectivity index (χ3v) is 3.05. The monoisotopic (exact) mass is 325 g/mol. The summed E-state index contributed by atoms with van der Waals surface area (Å²) >= 11 is 3.12. The van der Waals surface area contributed by atoms with Crippen LogP contribution in [-0.4, -0.2) is 35.6 Å². The first-order chi connectivity index (χ1) is 8.95. The first-order valence-electron chi connectivity index (χ1n) is 5.37. The zero-order valence-corrected chi connectivity index (χ0v) is 11.8. The maximum absolute atomic E-state index is 11.7. The van der Waals surface area contributed by atoms with Crippen LogP contribution in [0.25, 0.3) is 0 Å². The number of urea groups is 1. The van der Waals surface area contributed by atoms with Gasteiger partial charge < -0.3 is 15.3 Å². The smallest absolute Gasteiger partial charge is 0.336 e. The molecule has 0 saturated carbocycles. The average molecular weight is 326 g/mol. The second-order valence-electron chi connectivity index (χ2n) is 3.76. The van der Waals surface area contributed by atoms with Crippen LogP contribution in [0.1, 0.15) is 16.8 Å². The van der Waals surface area contributed by atoms with E-state index in [1.54, 1.807) is 19.2 Å². The number of nitriles is 1. The molecule has 1 rings (SSSR count). The SMILES string of the molecule is CN(CCC#N)C(=O)Nc1ccc(Br)c(C(=O)O)c1. The third-order valence-electron chi connectivity index (χ3n) is 2.35. The van der Waals surface area contributed by atoms with E-state index in [0.717, 1.165) is 0 Å². The summed E-state index contributed by atoms with van der Waals surface area (Å²) in [5.74, 6) is -1.08. The van der Waals surface area contributed by atoms with Gasteiger partial charge >= 0.3 is 12.0 Å². The van der Waals surface area contributed by atoms with E-state index in [0.29, 0.717) is 16.7 Å². The summed E-state index contributed by atoms with van der Waals surface area (Å²) in [6.07, 6.45) is 0.241. The van der Waals surface area contributed by atoms with Gasteiger partial charge in [0.15, 0.2) is 0 Å². The van der Waals surface area contributed by atoms with Gasteiger partial charge in [-0.25, -0.2) is 9.59 Å². The number of carbonyl (C=O) groups excluding carboxylic acids is 1. The van der Waals surface area contributed by atoms with Crippen molar-refractivity contribution in [3.63, 3.8) is 0 Å². The molecular formula is C12H12BrN3O3. The fourth-order valence-electron chi connectivity index (χ4n) is 1.31. The minimum absolute atomic E-state index is 0.0671. The molecule has 0 heterocycles. The van der Waals surface area contributed by atoms with E-state index in [-0.39, 0.29) is 12.0 Å². The molecule has 0 unspecified atom stereocenters. The molecule has 1 aromatic rings. The van der Waals surface area contributed by atoms with Gasteiger partial charge in [-0.05, 0) is 34.1 Å². The van der Waals surface area contributed by atoms with Crippen LogP contribution in [-0.2, 0) is 0 Å².